The van der Waals surface area contributed by atoms with Crippen LogP contribution < -0.4 is 14.2 Å². The summed E-state index contributed by atoms with van der Waals surface area (Å²) in [6, 6.07) is 3.54. The van der Waals surface area contributed by atoms with Crippen LogP contribution in [0, 0.1) is 0 Å². The second-order valence-corrected chi connectivity index (χ2v) is 7.19. The molecule has 0 spiro atoms. The van der Waals surface area contributed by atoms with Crippen molar-refractivity contribution in [2.75, 3.05) is 13.7 Å². The second kappa shape index (κ2) is 8.34. The SMILES string of the molecule is CCOc1cc2ncnc(Oc3cnn(CC(=O)OC(C)(C)C)c3)c2cc1OC. The molecule has 0 bridgehead atoms. The summed E-state index contributed by atoms with van der Waals surface area (Å²) in [5.74, 6) is 1.54. The Kier molecular flexibility index (Phi) is 5.86. The van der Waals surface area contributed by atoms with E-state index in [1.807, 2.05) is 27.7 Å². The Morgan fingerprint density at radius 3 is 2.66 bits per heavy atom. The summed E-state index contributed by atoms with van der Waals surface area (Å²) in [5, 5.41) is 4.80. The maximum absolute atomic E-state index is 12.0. The Balaban J connectivity index is 1.82. The van der Waals surface area contributed by atoms with Gasteiger partial charge in [0.15, 0.2) is 17.2 Å². The molecule has 9 heteroatoms. The van der Waals surface area contributed by atoms with Gasteiger partial charge in [-0.25, -0.2) is 9.97 Å². The van der Waals surface area contributed by atoms with E-state index in [1.165, 1.54) is 17.2 Å². The average Bonchev–Trinajstić information content (AvgIpc) is 3.06. The molecule has 0 unspecified atom stereocenters. The van der Waals surface area contributed by atoms with E-state index in [-0.39, 0.29) is 12.5 Å². The first-order valence-corrected chi connectivity index (χ1v) is 9.16. The highest BCUT2D eigenvalue weighted by molar-refractivity contribution is 5.87. The number of methoxy groups -OCH3 is 1. The van der Waals surface area contributed by atoms with E-state index < -0.39 is 5.60 Å². The van der Waals surface area contributed by atoms with E-state index in [4.69, 9.17) is 18.9 Å². The van der Waals surface area contributed by atoms with Crippen molar-refractivity contribution in [1.29, 1.82) is 0 Å². The molecule has 0 saturated heterocycles. The molecule has 3 rings (SSSR count). The number of benzene rings is 1. The predicted octanol–water partition coefficient (Wildman–Crippen LogP) is 3.37. The van der Waals surface area contributed by atoms with E-state index in [0.29, 0.717) is 40.6 Å². The van der Waals surface area contributed by atoms with Crippen molar-refractivity contribution in [3.05, 3.63) is 30.9 Å². The lowest BCUT2D eigenvalue weighted by atomic mass is 10.2. The molecule has 0 aliphatic heterocycles. The quantitative estimate of drug-likeness (QED) is 0.557. The lowest BCUT2D eigenvalue weighted by molar-refractivity contribution is -0.155. The third-order valence-corrected chi connectivity index (χ3v) is 3.72. The van der Waals surface area contributed by atoms with Crippen molar-refractivity contribution in [2.24, 2.45) is 0 Å². The monoisotopic (exact) mass is 400 g/mol. The lowest BCUT2D eigenvalue weighted by Gasteiger charge is -2.19. The fourth-order valence-corrected chi connectivity index (χ4v) is 2.65. The van der Waals surface area contributed by atoms with Crippen LogP contribution in [0.25, 0.3) is 10.9 Å². The third kappa shape index (κ3) is 5.13. The Bertz CT molecular complexity index is 1010. The first-order valence-electron chi connectivity index (χ1n) is 9.16. The Morgan fingerprint density at radius 2 is 1.97 bits per heavy atom. The van der Waals surface area contributed by atoms with Crippen LogP contribution >= 0.6 is 0 Å². The third-order valence-electron chi connectivity index (χ3n) is 3.72. The fourth-order valence-electron chi connectivity index (χ4n) is 2.65. The van der Waals surface area contributed by atoms with Crippen LogP contribution in [-0.2, 0) is 16.1 Å². The number of rotatable bonds is 7. The predicted molar refractivity (Wildman–Crippen MR) is 105 cm³/mol. The number of hydrogen-bond acceptors (Lipinski definition) is 8. The number of aromatic nitrogens is 4. The first kappa shape index (κ1) is 20.4. The van der Waals surface area contributed by atoms with Gasteiger partial charge < -0.3 is 18.9 Å². The van der Waals surface area contributed by atoms with Crippen molar-refractivity contribution >= 4 is 16.9 Å². The number of carbonyl (C=O) groups excluding carboxylic acids is 1. The maximum atomic E-state index is 12.0. The van der Waals surface area contributed by atoms with Gasteiger partial charge in [0.25, 0.3) is 0 Å². The van der Waals surface area contributed by atoms with Crippen molar-refractivity contribution in [3.8, 4) is 23.1 Å². The molecule has 2 heterocycles. The summed E-state index contributed by atoms with van der Waals surface area (Å²) in [5.41, 5.74) is 0.100. The molecule has 2 aromatic heterocycles. The molecule has 0 atom stereocenters. The molecule has 154 valence electrons. The Morgan fingerprint density at radius 1 is 1.17 bits per heavy atom. The number of fused-ring (bicyclic) bond motifs is 1. The van der Waals surface area contributed by atoms with Crippen molar-refractivity contribution in [1.82, 2.24) is 19.7 Å². The highest BCUT2D eigenvalue weighted by Gasteiger charge is 2.18. The average molecular weight is 400 g/mol. The number of esters is 1. The standard InChI is InChI=1S/C20H24N4O5/c1-6-27-17-8-15-14(7-16(17)26-5)19(22-12-21-15)28-13-9-23-24(10-13)11-18(25)29-20(2,3)4/h7-10,12H,6,11H2,1-5H3. The molecule has 0 fully saturated rings. The van der Waals surface area contributed by atoms with Crippen LogP contribution in [0.4, 0.5) is 0 Å². The smallest absolute Gasteiger partial charge is 0.328 e. The molecule has 0 radical (unpaired) electrons. The van der Waals surface area contributed by atoms with E-state index >= 15 is 0 Å². The summed E-state index contributed by atoms with van der Waals surface area (Å²) < 4.78 is 23.6. The molecule has 3 aromatic rings. The topological polar surface area (TPSA) is 97.6 Å². The molecular weight excluding hydrogens is 376 g/mol. The van der Waals surface area contributed by atoms with Gasteiger partial charge in [-0.15, -0.1) is 0 Å². The van der Waals surface area contributed by atoms with E-state index in [0.717, 1.165) is 0 Å². The van der Waals surface area contributed by atoms with Gasteiger partial charge in [0.1, 0.15) is 18.5 Å². The normalized spacial score (nSPS) is 11.3. The van der Waals surface area contributed by atoms with Crippen molar-refractivity contribution in [3.63, 3.8) is 0 Å². The van der Waals surface area contributed by atoms with Gasteiger partial charge in [0, 0.05) is 6.07 Å². The molecule has 9 nitrogen and oxygen atoms in total. The van der Waals surface area contributed by atoms with Crippen LogP contribution in [0.3, 0.4) is 0 Å². The highest BCUT2D eigenvalue weighted by Crippen LogP contribution is 2.35. The van der Waals surface area contributed by atoms with Crippen LogP contribution in [0.2, 0.25) is 0 Å². The molecule has 0 saturated carbocycles. The molecule has 0 aliphatic carbocycles. The Labute approximate surface area is 168 Å². The summed E-state index contributed by atoms with van der Waals surface area (Å²) >= 11 is 0. The number of carbonyl (C=O) groups is 1. The van der Waals surface area contributed by atoms with Crippen LogP contribution in [0.15, 0.2) is 30.9 Å². The second-order valence-electron chi connectivity index (χ2n) is 7.19. The van der Waals surface area contributed by atoms with Gasteiger partial charge in [0.05, 0.1) is 37.0 Å². The Hall–Kier alpha value is -3.36. The lowest BCUT2D eigenvalue weighted by Crippen LogP contribution is -2.26. The van der Waals surface area contributed by atoms with E-state index in [9.17, 15) is 4.79 Å². The minimum absolute atomic E-state index is 0.0172. The summed E-state index contributed by atoms with van der Waals surface area (Å²) in [6.45, 7) is 7.83. The summed E-state index contributed by atoms with van der Waals surface area (Å²) in [4.78, 5) is 20.4. The largest absolute Gasteiger partial charge is 0.493 e. The van der Waals surface area contributed by atoms with Crippen LogP contribution in [-0.4, -0.2) is 45.0 Å². The van der Waals surface area contributed by atoms with E-state index in [2.05, 4.69) is 15.1 Å². The minimum atomic E-state index is -0.553. The molecule has 29 heavy (non-hydrogen) atoms. The van der Waals surface area contributed by atoms with Crippen molar-refractivity contribution in [2.45, 2.75) is 39.8 Å². The van der Waals surface area contributed by atoms with Gasteiger partial charge >= 0.3 is 5.97 Å². The molecule has 0 amide bonds. The zero-order chi connectivity index (χ0) is 21.0. The zero-order valence-electron chi connectivity index (χ0n) is 17.1. The van der Waals surface area contributed by atoms with Gasteiger partial charge in [-0.1, -0.05) is 0 Å². The molecule has 0 N–H and O–H groups in total. The summed E-state index contributed by atoms with van der Waals surface area (Å²) in [7, 11) is 1.56. The van der Waals surface area contributed by atoms with Crippen LogP contribution in [0.5, 0.6) is 23.1 Å². The highest BCUT2D eigenvalue weighted by atomic mass is 16.6. The first-order chi connectivity index (χ1) is 13.8. The van der Waals surface area contributed by atoms with Gasteiger partial charge in [-0.3, -0.25) is 9.48 Å². The number of hydrogen-bond donors (Lipinski definition) is 0. The maximum Gasteiger partial charge on any atom is 0.328 e. The number of ether oxygens (including phenoxy) is 4. The molecular formula is C20H24N4O5. The minimum Gasteiger partial charge on any atom is -0.493 e. The fraction of sp³-hybridized carbons (Fsp3) is 0.400. The summed E-state index contributed by atoms with van der Waals surface area (Å²) in [6.07, 6.45) is 4.51. The zero-order valence-corrected chi connectivity index (χ0v) is 17.1. The molecule has 0 aliphatic rings. The van der Waals surface area contributed by atoms with Gasteiger partial charge in [-0.2, -0.15) is 5.10 Å². The van der Waals surface area contributed by atoms with E-state index in [1.54, 1.807) is 25.4 Å². The molecule has 1 aromatic carbocycles. The van der Waals surface area contributed by atoms with Gasteiger partial charge in [-0.05, 0) is 33.8 Å². The van der Waals surface area contributed by atoms with Crippen LogP contribution in [0.1, 0.15) is 27.7 Å². The van der Waals surface area contributed by atoms with Gasteiger partial charge in [0.2, 0.25) is 5.88 Å². The van der Waals surface area contributed by atoms with Crippen molar-refractivity contribution < 1.29 is 23.7 Å². The number of nitrogens with zero attached hydrogens (tertiary/aromatic N) is 4.